The van der Waals surface area contributed by atoms with E-state index in [0.717, 1.165) is 18.4 Å². The molecule has 0 radical (unpaired) electrons. The number of hydrogen-bond donors (Lipinski definition) is 0. The SMILES string of the molecule is COCC1CCC(C(C)C)CN1C(C)C. The summed E-state index contributed by atoms with van der Waals surface area (Å²) < 4.78 is 5.32. The molecule has 0 aromatic heterocycles. The van der Waals surface area contributed by atoms with Crippen LogP contribution in [-0.2, 0) is 4.74 Å². The molecule has 1 rings (SSSR count). The normalized spacial score (nSPS) is 29.0. The molecule has 0 spiro atoms. The van der Waals surface area contributed by atoms with Gasteiger partial charge in [-0.2, -0.15) is 0 Å². The van der Waals surface area contributed by atoms with Crippen molar-refractivity contribution in [3.05, 3.63) is 0 Å². The van der Waals surface area contributed by atoms with Crippen molar-refractivity contribution in [2.45, 2.75) is 52.6 Å². The summed E-state index contributed by atoms with van der Waals surface area (Å²) in [7, 11) is 1.81. The second-order valence-corrected chi connectivity index (χ2v) is 5.48. The van der Waals surface area contributed by atoms with Crippen molar-refractivity contribution in [1.29, 1.82) is 0 Å². The van der Waals surface area contributed by atoms with Crippen LogP contribution >= 0.6 is 0 Å². The Labute approximate surface area is 95.0 Å². The van der Waals surface area contributed by atoms with Gasteiger partial charge in [-0.1, -0.05) is 13.8 Å². The van der Waals surface area contributed by atoms with E-state index in [4.69, 9.17) is 4.74 Å². The van der Waals surface area contributed by atoms with Crippen molar-refractivity contribution in [2.24, 2.45) is 11.8 Å². The highest BCUT2D eigenvalue weighted by Crippen LogP contribution is 2.28. The average Bonchev–Trinajstić information content (AvgIpc) is 2.18. The van der Waals surface area contributed by atoms with Crippen molar-refractivity contribution >= 4 is 0 Å². The van der Waals surface area contributed by atoms with Crippen LogP contribution in [0.3, 0.4) is 0 Å². The molecule has 0 aromatic carbocycles. The fourth-order valence-electron chi connectivity index (χ4n) is 2.63. The van der Waals surface area contributed by atoms with Crippen LogP contribution in [0.1, 0.15) is 40.5 Å². The molecule has 1 aliphatic rings. The van der Waals surface area contributed by atoms with Gasteiger partial charge >= 0.3 is 0 Å². The standard InChI is InChI=1S/C13H27NO/c1-10(2)12-6-7-13(9-15-5)14(8-12)11(3)4/h10-13H,6-9H2,1-5H3. The van der Waals surface area contributed by atoms with E-state index in [9.17, 15) is 0 Å². The summed E-state index contributed by atoms with van der Waals surface area (Å²) >= 11 is 0. The number of rotatable bonds is 4. The maximum absolute atomic E-state index is 5.32. The zero-order valence-corrected chi connectivity index (χ0v) is 11.0. The molecule has 15 heavy (non-hydrogen) atoms. The first kappa shape index (κ1) is 13.0. The first-order chi connectivity index (χ1) is 7.06. The minimum Gasteiger partial charge on any atom is -0.383 e. The highest BCUT2D eigenvalue weighted by Gasteiger charge is 2.30. The average molecular weight is 213 g/mol. The lowest BCUT2D eigenvalue weighted by Crippen LogP contribution is -2.49. The molecule has 0 aliphatic carbocycles. The third kappa shape index (κ3) is 3.46. The van der Waals surface area contributed by atoms with Gasteiger partial charge < -0.3 is 4.74 Å². The molecule has 2 atom stereocenters. The largest absolute Gasteiger partial charge is 0.383 e. The maximum Gasteiger partial charge on any atom is 0.0618 e. The van der Waals surface area contributed by atoms with Crippen LogP contribution in [-0.4, -0.2) is 37.2 Å². The van der Waals surface area contributed by atoms with E-state index < -0.39 is 0 Å². The van der Waals surface area contributed by atoms with Crippen molar-refractivity contribution < 1.29 is 4.74 Å². The topological polar surface area (TPSA) is 12.5 Å². The number of ether oxygens (including phenoxy) is 1. The minimum atomic E-state index is 0.644. The molecule has 1 saturated heterocycles. The smallest absolute Gasteiger partial charge is 0.0618 e. The molecule has 0 bridgehead atoms. The molecule has 0 saturated carbocycles. The molecule has 90 valence electrons. The van der Waals surface area contributed by atoms with Crippen LogP contribution in [0.5, 0.6) is 0 Å². The predicted molar refractivity (Wildman–Crippen MR) is 65.1 cm³/mol. The molecule has 0 aromatic rings. The van der Waals surface area contributed by atoms with Gasteiger partial charge in [0.15, 0.2) is 0 Å². The second-order valence-electron chi connectivity index (χ2n) is 5.48. The van der Waals surface area contributed by atoms with E-state index in [1.165, 1.54) is 19.4 Å². The van der Waals surface area contributed by atoms with E-state index in [2.05, 4.69) is 32.6 Å². The summed E-state index contributed by atoms with van der Waals surface area (Å²) in [6.07, 6.45) is 2.67. The minimum absolute atomic E-state index is 0.644. The van der Waals surface area contributed by atoms with Crippen molar-refractivity contribution in [3.8, 4) is 0 Å². The molecular weight excluding hydrogens is 186 g/mol. The summed E-state index contributed by atoms with van der Waals surface area (Å²) in [4.78, 5) is 2.62. The second kappa shape index (κ2) is 5.86. The molecule has 1 heterocycles. The third-order valence-corrected chi connectivity index (χ3v) is 3.75. The Hall–Kier alpha value is -0.0800. The Morgan fingerprint density at radius 2 is 1.87 bits per heavy atom. The van der Waals surface area contributed by atoms with E-state index in [-0.39, 0.29) is 0 Å². The van der Waals surface area contributed by atoms with E-state index in [1.807, 2.05) is 7.11 Å². The Balaban J connectivity index is 2.56. The first-order valence-electron chi connectivity index (χ1n) is 6.31. The van der Waals surface area contributed by atoms with Gasteiger partial charge in [-0.05, 0) is 38.5 Å². The number of piperidine rings is 1. The van der Waals surface area contributed by atoms with Gasteiger partial charge in [-0.25, -0.2) is 0 Å². The highest BCUT2D eigenvalue weighted by molar-refractivity contribution is 4.84. The van der Waals surface area contributed by atoms with Crippen molar-refractivity contribution in [1.82, 2.24) is 4.90 Å². The van der Waals surface area contributed by atoms with Crippen LogP contribution in [0.25, 0.3) is 0 Å². The molecule has 0 amide bonds. The maximum atomic E-state index is 5.32. The predicted octanol–water partition coefficient (Wildman–Crippen LogP) is 2.78. The van der Waals surface area contributed by atoms with Crippen LogP contribution in [0.15, 0.2) is 0 Å². The van der Waals surface area contributed by atoms with E-state index in [1.54, 1.807) is 0 Å². The number of hydrogen-bond acceptors (Lipinski definition) is 2. The Kier molecular flexibility index (Phi) is 5.07. The molecule has 2 unspecified atom stereocenters. The van der Waals surface area contributed by atoms with Crippen molar-refractivity contribution in [2.75, 3.05) is 20.3 Å². The lowest BCUT2D eigenvalue weighted by Gasteiger charge is -2.43. The molecule has 2 nitrogen and oxygen atoms in total. The lowest BCUT2D eigenvalue weighted by atomic mass is 9.84. The lowest BCUT2D eigenvalue weighted by molar-refractivity contribution is 0.0150. The third-order valence-electron chi connectivity index (χ3n) is 3.75. The van der Waals surface area contributed by atoms with Gasteiger partial charge in [-0.15, -0.1) is 0 Å². The summed E-state index contributed by atoms with van der Waals surface area (Å²) in [5.41, 5.74) is 0. The van der Waals surface area contributed by atoms with Gasteiger partial charge in [-0.3, -0.25) is 4.90 Å². The van der Waals surface area contributed by atoms with Crippen molar-refractivity contribution in [3.63, 3.8) is 0 Å². The summed E-state index contributed by atoms with van der Waals surface area (Å²) in [6.45, 7) is 11.4. The van der Waals surface area contributed by atoms with Gasteiger partial charge in [0.2, 0.25) is 0 Å². The van der Waals surface area contributed by atoms with Gasteiger partial charge in [0, 0.05) is 25.7 Å². The highest BCUT2D eigenvalue weighted by atomic mass is 16.5. The molecule has 0 N–H and O–H groups in total. The zero-order chi connectivity index (χ0) is 11.4. The zero-order valence-electron chi connectivity index (χ0n) is 11.0. The Bertz CT molecular complexity index is 179. The first-order valence-corrected chi connectivity index (χ1v) is 6.31. The van der Waals surface area contributed by atoms with Gasteiger partial charge in [0.25, 0.3) is 0 Å². The number of methoxy groups -OCH3 is 1. The molecule has 1 aliphatic heterocycles. The fraction of sp³-hybridized carbons (Fsp3) is 1.00. The quantitative estimate of drug-likeness (QED) is 0.712. The summed E-state index contributed by atoms with van der Waals surface area (Å²) in [5, 5.41) is 0. The Morgan fingerprint density at radius 3 is 2.33 bits per heavy atom. The Morgan fingerprint density at radius 1 is 1.20 bits per heavy atom. The summed E-state index contributed by atoms with van der Waals surface area (Å²) in [6, 6.07) is 1.29. The molecule has 1 fully saturated rings. The molecule has 2 heteroatoms. The van der Waals surface area contributed by atoms with Gasteiger partial charge in [0.1, 0.15) is 0 Å². The van der Waals surface area contributed by atoms with E-state index >= 15 is 0 Å². The van der Waals surface area contributed by atoms with E-state index in [0.29, 0.717) is 12.1 Å². The van der Waals surface area contributed by atoms with Crippen LogP contribution in [0, 0.1) is 11.8 Å². The molecular formula is C13H27NO. The summed E-state index contributed by atoms with van der Waals surface area (Å²) in [5.74, 6) is 1.69. The van der Waals surface area contributed by atoms with Gasteiger partial charge in [0.05, 0.1) is 6.61 Å². The number of likely N-dealkylation sites (tertiary alicyclic amines) is 1. The number of nitrogens with zero attached hydrogens (tertiary/aromatic N) is 1. The monoisotopic (exact) mass is 213 g/mol. The fourth-order valence-corrected chi connectivity index (χ4v) is 2.63. The van der Waals surface area contributed by atoms with Crippen LogP contribution in [0.4, 0.5) is 0 Å². The van der Waals surface area contributed by atoms with Crippen LogP contribution in [0.2, 0.25) is 0 Å². The van der Waals surface area contributed by atoms with Crippen LogP contribution < -0.4 is 0 Å².